The van der Waals surface area contributed by atoms with Crippen LogP contribution in [0.3, 0.4) is 0 Å². The molecule has 3 atom stereocenters. The Balaban J connectivity index is 1.44. The summed E-state index contributed by atoms with van der Waals surface area (Å²) >= 11 is 0. The summed E-state index contributed by atoms with van der Waals surface area (Å²) in [6.45, 7) is 0. The lowest BCUT2D eigenvalue weighted by molar-refractivity contribution is -0.117. The van der Waals surface area contributed by atoms with Crippen LogP contribution in [-0.4, -0.2) is 48.9 Å². The molecule has 11 heteroatoms. The van der Waals surface area contributed by atoms with Gasteiger partial charge in [0, 0.05) is 17.1 Å². The van der Waals surface area contributed by atoms with E-state index in [1.807, 2.05) is 0 Å². The number of amides is 1. The van der Waals surface area contributed by atoms with Crippen LogP contribution in [0.15, 0.2) is 24.8 Å². The van der Waals surface area contributed by atoms with E-state index < -0.39 is 29.9 Å². The molecule has 1 aromatic carbocycles. The summed E-state index contributed by atoms with van der Waals surface area (Å²) in [5.74, 6) is -1.45. The van der Waals surface area contributed by atoms with Crippen molar-refractivity contribution in [2.45, 2.75) is 31.5 Å². The zero-order chi connectivity index (χ0) is 22.9. The van der Waals surface area contributed by atoms with Gasteiger partial charge in [0.15, 0.2) is 23.0 Å². The highest BCUT2D eigenvalue weighted by molar-refractivity contribution is 5.99. The van der Waals surface area contributed by atoms with E-state index in [2.05, 4.69) is 25.5 Å². The number of nitrogens with one attached hydrogen (secondary N) is 2. The maximum atomic E-state index is 15.6. The highest BCUT2D eigenvalue weighted by Gasteiger charge is 2.43. The first-order valence-corrected chi connectivity index (χ1v) is 10.7. The van der Waals surface area contributed by atoms with Crippen molar-refractivity contribution < 1.29 is 23.4 Å². The summed E-state index contributed by atoms with van der Waals surface area (Å²) in [6, 6.07) is 0. The van der Waals surface area contributed by atoms with E-state index >= 15 is 4.39 Å². The molecule has 1 amide bonds. The molecule has 3 N–H and O–H groups in total. The lowest BCUT2D eigenvalue weighted by atomic mass is 9.96. The van der Waals surface area contributed by atoms with Crippen LogP contribution in [0, 0.1) is 17.7 Å². The van der Waals surface area contributed by atoms with E-state index in [4.69, 9.17) is 4.74 Å². The van der Waals surface area contributed by atoms with Gasteiger partial charge in [-0.2, -0.15) is 5.10 Å². The number of halogens is 2. The maximum Gasteiger partial charge on any atom is 0.231 e. The standard InChI is InChI=1S/C22H20F2N6O3/c1-33-21-16(11-5-26-29-19(11)17(18(21)24)20(31)9-2-3-9)13-7-30-8-14(27-15(30)6-25-13)28-22(32)10-4-12(10)23/h5-10,12,20,31H,2-4H2,1H3,(H,26,29)(H,28,32). The van der Waals surface area contributed by atoms with Crippen molar-refractivity contribution in [3.8, 4) is 17.0 Å². The van der Waals surface area contributed by atoms with Gasteiger partial charge in [-0.3, -0.25) is 14.9 Å². The third-order valence-electron chi connectivity index (χ3n) is 6.31. The van der Waals surface area contributed by atoms with Crippen molar-refractivity contribution in [2.24, 2.45) is 11.8 Å². The summed E-state index contributed by atoms with van der Waals surface area (Å²) in [7, 11) is 1.36. The minimum atomic E-state index is -1.10. The molecule has 4 aromatic rings. The number of anilines is 1. The fourth-order valence-corrected chi connectivity index (χ4v) is 4.26. The number of aliphatic hydroxyl groups is 1. The smallest absolute Gasteiger partial charge is 0.231 e. The first kappa shape index (κ1) is 20.0. The number of rotatable bonds is 6. The summed E-state index contributed by atoms with van der Waals surface area (Å²) in [5, 5.41) is 20.7. The molecular formula is C22H20F2N6O3. The molecule has 2 fully saturated rings. The summed E-state index contributed by atoms with van der Waals surface area (Å²) in [4.78, 5) is 20.7. The number of aliphatic hydroxyl groups excluding tert-OH is 1. The van der Waals surface area contributed by atoms with Crippen LogP contribution in [0.5, 0.6) is 5.75 Å². The number of hydrogen-bond donors (Lipinski definition) is 3. The number of imidazole rings is 1. The Morgan fingerprint density at radius 1 is 1.36 bits per heavy atom. The number of alkyl halides is 1. The number of hydrogen-bond acceptors (Lipinski definition) is 6. The molecule has 0 aliphatic heterocycles. The highest BCUT2D eigenvalue weighted by Crippen LogP contribution is 2.48. The number of methoxy groups -OCH3 is 1. The Labute approximate surface area is 185 Å². The van der Waals surface area contributed by atoms with Crippen LogP contribution in [0.1, 0.15) is 30.9 Å². The molecule has 170 valence electrons. The Morgan fingerprint density at radius 3 is 2.85 bits per heavy atom. The molecule has 2 aliphatic rings. The minimum absolute atomic E-state index is 0.0129. The third-order valence-corrected chi connectivity index (χ3v) is 6.31. The second-order valence-electron chi connectivity index (χ2n) is 8.59. The van der Waals surface area contributed by atoms with Gasteiger partial charge in [0.05, 0.1) is 54.5 Å². The number of carbonyl (C=O) groups is 1. The highest BCUT2D eigenvalue weighted by atomic mass is 19.1. The largest absolute Gasteiger partial charge is 0.493 e. The number of H-pyrrole nitrogens is 1. The topological polar surface area (TPSA) is 117 Å². The fourth-order valence-electron chi connectivity index (χ4n) is 4.26. The lowest BCUT2D eigenvalue weighted by Gasteiger charge is -2.18. The molecule has 2 saturated carbocycles. The average Bonchev–Trinajstić information content (AvgIpc) is 3.68. The van der Waals surface area contributed by atoms with Crippen molar-refractivity contribution in [3.05, 3.63) is 36.2 Å². The van der Waals surface area contributed by atoms with Crippen LogP contribution in [0.25, 0.3) is 27.8 Å². The van der Waals surface area contributed by atoms with Gasteiger partial charge < -0.3 is 19.6 Å². The average molecular weight is 454 g/mol. The number of carbonyl (C=O) groups excluding carboxylic acids is 1. The SMILES string of the molecule is COc1c(F)c(C(O)C2CC2)c2[nH]ncc2c1-c1cn2cc(NC(=O)C3CC3F)nc2cn1. The van der Waals surface area contributed by atoms with E-state index in [0.29, 0.717) is 27.8 Å². The number of benzene rings is 1. The molecule has 33 heavy (non-hydrogen) atoms. The summed E-state index contributed by atoms with van der Waals surface area (Å²) < 4.78 is 35.8. The number of ether oxygens (including phenoxy) is 1. The first-order chi connectivity index (χ1) is 16.0. The lowest BCUT2D eigenvalue weighted by Crippen LogP contribution is -2.15. The Kier molecular flexibility index (Phi) is 4.37. The molecule has 6 rings (SSSR count). The van der Waals surface area contributed by atoms with Crippen LogP contribution >= 0.6 is 0 Å². The van der Waals surface area contributed by atoms with Gasteiger partial charge in [0.25, 0.3) is 0 Å². The van der Waals surface area contributed by atoms with Crippen LogP contribution in [0.4, 0.5) is 14.6 Å². The maximum absolute atomic E-state index is 15.6. The minimum Gasteiger partial charge on any atom is -0.493 e. The quantitative estimate of drug-likeness (QED) is 0.412. The predicted molar refractivity (Wildman–Crippen MR) is 114 cm³/mol. The van der Waals surface area contributed by atoms with Crippen molar-refractivity contribution in [1.82, 2.24) is 24.6 Å². The molecule has 3 unspecified atom stereocenters. The van der Waals surface area contributed by atoms with E-state index in [0.717, 1.165) is 12.8 Å². The van der Waals surface area contributed by atoms with Crippen LogP contribution in [0.2, 0.25) is 0 Å². The van der Waals surface area contributed by atoms with Crippen molar-refractivity contribution >= 4 is 28.3 Å². The van der Waals surface area contributed by atoms with Gasteiger partial charge in [-0.1, -0.05) is 0 Å². The first-order valence-electron chi connectivity index (χ1n) is 10.7. The molecular weight excluding hydrogens is 434 g/mol. The molecule has 0 saturated heterocycles. The van der Waals surface area contributed by atoms with Gasteiger partial charge in [-0.25, -0.2) is 13.8 Å². The summed E-state index contributed by atoms with van der Waals surface area (Å²) in [6.07, 6.45) is 6.08. The van der Waals surface area contributed by atoms with Gasteiger partial charge >= 0.3 is 0 Å². The number of fused-ring (bicyclic) bond motifs is 2. The molecule has 3 aromatic heterocycles. The zero-order valence-electron chi connectivity index (χ0n) is 17.5. The number of nitrogens with zero attached hydrogens (tertiary/aromatic N) is 4. The molecule has 9 nitrogen and oxygen atoms in total. The van der Waals surface area contributed by atoms with Crippen LogP contribution < -0.4 is 10.1 Å². The number of aromatic nitrogens is 5. The normalized spacial score (nSPS) is 20.8. The fraction of sp³-hybridized carbons (Fsp3) is 0.364. The molecule has 0 spiro atoms. The molecule has 2 aliphatic carbocycles. The molecule has 3 heterocycles. The van der Waals surface area contributed by atoms with Gasteiger partial charge in [-0.15, -0.1) is 0 Å². The van der Waals surface area contributed by atoms with E-state index in [1.54, 1.807) is 23.0 Å². The number of aromatic amines is 1. The van der Waals surface area contributed by atoms with Gasteiger partial charge in [-0.05, 0) is 25.2 Å². The van der Waals surface area contributed by atoms with Crippen molar-refractivity contribution in [1.29, 1.82) is 0 Å². The van der Waals surface area contributed by atoms with E-state index in [9.17, 15) is 14.3 Å². The molecule has 0 radical (unpaired) electrons. The predicted octanol–water partition coefficient (Wildman–Crippen LogP) is 3.16. The summed E-state index contributed by atoms with van der Waals surface area (Å²) in [5.41, 5.74) is 1.76. The molecule has 0 bridgehead atoms. The second-order valence-corrected chi connectivity index (χ2v) is 8.59. The van der Waals surface area contributed by atoms with Crippen LogP contribution in [-0.2, 0) is 4.79 Å². The van der Waals surface area contributed by atoms with Gasteiger partial charge in [0.2, 0.25) is 5.91 Å². The Bertz CT molecular complexity index is 1410. The van der Waals surface area contributed by atoms with Crippen molar-refractivity contribution in [2.75, 3.05) is 12.4 Å². The third kappa shape index (κ3) is 3.22. The monoisotopic (exact) mass is 454 g/mol. The van der Waals surface area contributed by atoms with E-state index in [-0.39, 0.29) is 29.5 Å². The Hall–Kier alpha value is -3.60. The van der Waals surface area contributed by atoms with Crippen molar-refractivity contribution in [3.63, 3.8) is 0 Å². The second kappa shape index (κ2) is 7.20. The van der Waals surface area contributed by atoms with Gasteiger partial charge in [0.1, 0.15) is 6.17 Å². The Morgan fingerprint density at radius 2 is 2.15 bits per heavy atom. The van der Waals surface area contributed by atoms with E-state index in [1.165, 1.54) is 13.3 Å². The zero-order valence-corrected chi connectivity index (χ0v) is 17.5.